The van der Waals surface area contributed by atoms with Gasteiger partial charge in [-0.3, -0.25) is 4.79 Å². The Morgan fingerprint density at radius 2 is 1.65 bits per heavy atom. The van der Waals surface area contributed by atoms with E-state index in [1.807, 2.05) is 11.8 Å². The predicted molar refractivity (Wildman–Crippen MR) is 90.3 cm³/mol. The third kappa shape index (κ3) is 3.16. The van der Waals surface area contributed by atoms with Crippen LogP contribution in [0.5, 0.6) is 0 Å². The zero-order valence-corrected chi connectivity index (χ0v) is 14.0. The average Bonchev–Trinajstić information content (AvgIpc) is 3.37. The molecule has 124 valence electrons. The van der Waals surface area contributed by atoms with Crippen LogP contribution in [0.25, 0.3) is 0 Å². The molecule has 0 atom stereocenters. The number of carbonyl (C=O) groups excluding carboxylic acids is 1. The van der Waals surface area contributed by atoms with Gasteiger partial charge in [0.15, 0.2) is 0 Å². The van der Waals surface area contributed by atoms with E-state index in [1.54, 1.807) is 0 Å². The quantitative estimate of drug-likeness (QED) is 0.929. The summed E-state index contributed by atoms with van der Waals surface area (Å²) < 4.78 is 0. The Morgan fingerprint density at radius 3 is 2.17 bits per heavy atom. The van der Waals surface area contributed by atoms with Crippen molar-refractivity contribution in [1.29, 1.82) is 0 Å². The number of nitrogens with zero attached hydrogens (tertiary/aromatic N) is 1. The summed E-state index contributed by atoms with van der Waals surface area (Å²) in [4.78, 5) is 14.5. The van der Waals surface area contributed by atoms with Crippen molar-refractivity contribution in [2.75, 3.05) is 13.1 Å². The molecular formula is C20H27NO2. The molecule has 2 saturated carbocycles. The fraction of sp³-hybridized carbons (Fsp3) is 0.650. The lowest BCUT2D eigenvalue weighted by Crippen LogP contribution is -2.51. The SMILES string of the molecule is CC1(O)CC(C(=O)N2CCC(c3cccc(C4CC4)c3)CC2)C1. The molecule has 0 radical (unpaired) electrons. The van der Waals surface area contributed by atoms with Crippen LogP contribution in [0.2, 0.25) is 0 Å². The highest BCUT2D eigenvalue weighted by Gasteiger charge is 2.44. The van der Waals surface area contributed by atoms with Crippen molar-refractivity contribution in [3.8, 4) is 0 Å². The molecule has 2 aliphatic carbocycles. The second-order valence-corrected chi connectivity index (χ2v) is 8.15. The summed E-state index contributed by atoms with van der Waals surface area (Å²) in [6.45, 7) is 3.57. The van der Waals surface area contributed by atoms with Crippen LogP contribution < -0.4 is 0 Å². The van der Waals surface area contributed by atoms with E-state index in [4.69, 9.17) is 0 Å². The van der Waals surface area contributed by atoms with E-state index in [0.717, 1.165) is 31.8 Å². The van der Waals surface area contributed by atoms with Gasteiger partial charge in [0.1, 0.15) is 0 Å². The summed E-state index contributed by atoms with van der Waals surface area (Å²) in [6.07, 6.45) is 6.11. The van der Waals surface area contributed by atoms with Gasteiger partial charge >= 0.3 is 0 Å². The van der Waals surface area contributed by atoms with Gasteiger partial charge in [0.2, 0.25) is 5.91 Å². The van der Waals surface area contributed by atoms with Crippen LogP contribution in [0.1, 0.15) is 68.4 Å². The molecule has 3 aliphatic rings. The number of hydrogen-bond donors (Lipinski definition) is 1. The number of likely N-dealkylation sites (tertiary alicyclic amines) is 1. The van der Waals surface area contributed by atoms with E-state index in [2.05, 4.69) is 24.3 Å². The zero-order chi connectivity index (χ0) is 16.0. The first-order valence-corrected chi connectivity index (χ1v) is 9.13. The van der Waals surface area contributed by atoms with Gasteiger partial charge < -0.3 is 10.0 Å². The maximum Gasteiger partial charge on any atom is 0.225 e. The van der Waals surface area contributed by atoms with Crippen LogP contribution in [-0.4, -0.2) is 34.6 Å². The van der Waals surface area contributed by atoms with Crippen molar-refractivity contribution in [1.82, 2.24) is 4.90 Å². The average molecular weight is 313 g/mol. The van der Waals surface area contributed by atoms with Crippen LogP contribution >= 0.6 is 0 Å². The van der Waals surface area contributed by atoms with Gasteiger partial charge in [0, 0.05) is 19.0 Å². The van der Waals surface area contributed by atoms with Gasteiger partial charge in [-0.1, -0.05) is 24.3 Å². The molecule has 4 rings (SSSR count). The molecule has 1 heterocycles. The third-order valence-electron chi connectivity index (χ3n) is 5.96. The van der Waals surface area contributed by atoms with Crippen molar-refractivity contribution in [3.63, 3.8) is 0 Å². The van der Waals surface area contributed by atoms with Crippen LogP contribution in [0.15, 0.2) is 24.3 Å². The van der Waals surface area contributed by atoms with Crippen LogP contribution in [0.4, 0.5) is 0 Å². The lowest BCUT2D eigenvalue weighted by atomic mass is 9.71. The Labute approximate surface area is 138 Å². The summed E-state index contributed by atoms with van der Waals surface area (Å²) in [5.74, 6) is 1.73. The van der Waals surface area contributed by atoms with Crippen molar-refractivity contribution in [3.05, 3.63) is 35.4 Å². The molecule has 0 aromatic heterocycles. The Hall–Kier alpha value is -1.35. The predicted octanol–water partition coefficient (Wildman–Crippen LogP) is 3.43. The largest absolute Gasteiger partial charge is 0.390 e. The third-order valence-corrected chi connectivity index (χ3v) is 5.96. The lowest BCUT2D eigenvalue weighted by molar-refractivity contribution is -0.150. The van der Waals surface area contributed by atoms with E-state index in [-0.39, 0.29) is 11.8 Å². The number of hydrogen-bond acceptors (Lipinski definition) is 2. The molecule has 0 spiro atoms. The molecule has 1 amide bonds. The Bertz CT molecular complexity index is 589. The lowest BCUT2D eigenvalue weighted by Gasteiger charge is -2.43. The van der Waals surface area contributed by atoms with E-state index in [9.17, 15) is 9.90 Å². The number of aliphatic hydroxyl groups is 1. The topological polar surface area (TPSA) is 40.5 Å². The summed E-state index contributed by atoms with van der Waals surface area (Å²) in [5.41, 5.74) is 2.37. The first kappa shape index (κ1) is 15.2. The van der Waals surface area contributed by atoms with Crippen molar-refractivity contribution >= 4 is 5.91 Å². The van der Waals surface area contributed by atoms with Gasteiger partial charge in [-0.05, 0) is 68.4 Å². The molecule has 23 heavy (non-hydrogen) atoms. The molecule has 1 aliphatic heterocycles. The minimum absolute atomic E-state index is 0.0553. The van der Waals surface area contributed by atoms with Crippen LogP contribution in [0.3, 0.4) is 0 Å². The summed E-state index contributed by atoms with van der Waals surface area (Å²) in [5, 5.41) is 9.83. The Kier molecular flexibility index (Phi) is 3.72. The van der Waals surface area contributed by atoms with E-state index in [0.29, 0.717) is 18.8 Å². The fourth-order valence-electron chi connectivity index (χ4n) is 4.35. The summed E-state index contributed by atoms with van der Waals surface area (Å²) in [7, 11) is 0. The summed E-state index contributed by atoms with van der Waals surface area (Å²) in [6, 6.07) is 9.14. The molecule has 1 aromatic rings. The first-order valence-electron chi connectivity index (χ1n) is 9.13. The maximum absolute atomic E-state index is 12.5. The molecule has 0 unspecified atom stereocenters. The molecule has 1 N–H and O–H groups in total. The highest BCUT2D eigenvalue weighted by atomic mass is 16.3. The molecule has 3 heteroatoms. The first-order chi connectivity index (χ1) is 11.0. The smallest absolute Gasteiger partial charge is 0.225 e. The molecule has 1 aromatic carbocycles. The highest BCUT2D eigenvalue weighted by molar-refractivity contribution is 5.80. The van der Waals surface area contributed by atoms with Crippen LogP contribution in [-0.2, 0) is 4.79 Å². The van der Waals surface area contributed by atoms with Gasteiger partial charge in [0.05, 0.1) is 5.60 Å². The van der Waals surface area contributed by atoms with Crippen molar-refractivity contribution in [2.45, 2.75) is 62.9 Å². The molecule has 3 nitrogen and oxygen atoms in total. The zero-order valence-electron chi connectivity index (χ0n) is 14.0. The number of piperidine rings is 1. The summed E-state index contributed by atoms with van der Waals surface area (Å²) >= 11 is 0. The van der Waals surface area contributed by atoms with E-state index >= 15 is 0 Å². The second kappa shape index (κ2) is 5.62. The monoisotopic (exact) mass is 313 g/mol. The van der Waals surface area contributed by atoms with Crippen LogP contribution in [0, 0.1) is 5.92 Å². The normalized spacial score (nSPS) is 31.7. The molecular weight excluding hydrogens is 286 g/mol. The van der Waals surface area contributed by atoms with E-state index in [1.165, 1.54) is 24.0 Å². The van der Waals surface area contributed by atoms with Gasteiger partial charge in [-0.15, -0.1) is 0 Å². The minimum atomic E-state index is -0.609. The molecule has 0 bridgehead atoms. The fourth-order valence-corrected chi connectivity index (χ4v) is 4.35. The molecule has 1 saturated heterocycles. The maximum atomic E-state index is 12.5. The number of amides is 1. The molecule has 3 fully saturated rings. The standard InChI is InChI=1S/C20H27NO2/c1-20(23)12-18(13-20)19(22)21-9-7-15(8-10-21)17-4-2-3-16(11-17)14-5-6-14/h2-4,11,14-15,18,23H,5-10,12-13H2,1H3. The second-order valence-electron chi connectivity index (χ2n) is 8.15. The number of carbonyl (C=O) groups is 1. The number of rotatable bonds is 3. The highest BCUT2D eigenvalue weighted by Crippen LogP contribution is 2.42. The minimum Gasteiger partial charge on any atom is -0.390 e. The van der Waals surface area contributed by atoms with Crippen molar-refractivity contribution < 1.29 is 9.90 Å². The Morgan fingerprint density at radius 1 is 1.09 bits per heavy atom. The van der Waals surface area contributed by atoms with Gasteiger partial charge in [0.25, 0.3) is 0 Å². The van der Waals surface area contributed by atoms with Gasteiger partial charge in [-0.2, -0.15) is 0 Å². The number of benzene rings is 1. The van der Waals surface area contributed by atoms with Crippen molar-refractivity contribution in [2.24, 2.45) is 5.92 Å². The Balaban J connectivity index is 1.34. The van der Waals surface area contributed by atoms with Gasteiger partial charge in [-0.25, -0.2) is 0 Å². The van der Waals surface area contributed by atoms with E-state index < -0.39 is 5.60 Å².